The average molecular weight is 207 g/mol. The summed E-state index contributed by atoms with van der Waals surface area (Å²) in [7, 11) is 1.78. The molecule has 2 nitrogen and oxygen atoms in total. The molecule has 1 aromatic rings. The molecule has 1 unspecified atom stereocenters. The van der Waals surface area contributed by atoms with Crippen molar-refractivity contribution in [3.05, 3.63) is 35.9 Å². The Balaban J connectivity index is 2.20. The Morgan fingerprint density at radius 2 is 2.00 bits per heavy atom. The standard InChI is InChI=1S/C13H21NO/c1-3-7-13(15-2)11-14-10-12-8-5-4-6-9-12/h4-6,8-9,13-14H,3,7,10-11H2,1-2H3. The molecule has 84 valence electrons. The zero-order valence-electron chi connectivity index (χ0n) is 9.70. The molecule has 0 aliphatic carbocycles. The van der Waals surface area contributed by atoms with E-state index < -0.39 is 0 Å². The van der Waals surface area contributed by atoms with Crippen molar-refractivity contribution in [1.82, 2.24) is 5.32 Å². The van der Waals surface area contributed by atoms with Gasteiger partial charge in [-0.05, 0) is 12.0 Å². The van der Waals surface area contributed by atoms with Crippen LogP contribution < -0.4 is 5.32 Å². The van der Waals surface area contributed by atoms with Gasteiger partial charge in [0.25, 0.3) is 0 Å². The van der Waals surface area contributed by atoms with E-state index in [1.165, 1.54) is 12.0 Å². The van der Waals surface area contributed by atoms with Crippen LogP contribution in [0.15, 0.2) is 30.3 Å². The van der Waals surface area contributed by atoms with Crippen LogP contribution in [-0.2, 0) is 11.3 Å². The lowest BCUT2D eigenvalue weighted by Gasteiger charge is -2.15. The second-order valence-corrected chi connectivity index (χ2v) is 3.76. The van der Waals surface area contributed by atoms with Gasteiger partial charge in [0, 0.05) is 20.2 Å². The molecule has 0 heterocycles. The van der Waals surface area contributed by atoms with E-state index in [-0.39, 0.29) is 0 Å². The molecule has 1 rings (SSSR count). The molecule has 0 bridgehead atoms. The molecule has 0 aliphatic rings. The summed E-state index contributed by atoms with van der Waals surface area (Å²) in [5.74, 6) is 0. The molecule has 2 heteroatoms. The van der Waals surface area contributed by atoms with Crippen LogP contribution in [0.5, 0.6) is 0 Å². The zero-order valence-corrected chi connectivity index (χ0v) is 9.70. The zero-order chi connectivity index (χ0) is 10.9. The predicted octanol–water partition coefficient (Wildman–Crippen LogP) is 2.59. The molecule has 0 amide bonds. The molecule has 0 aliphatic heterocycles. The summed E-state index contributed by atoms with van der Waals surface area (Å²) < 4.78 is 5.37. The van der Waals surface area contributed by atoms with E-state index in [1.807, 2.05) is 6.07 Å². The van der Waals surface area contributed by atoms with Crippen LogP contribution in [-0.4, -0.2) is 19.8 Å². The van der Waals surface area contributed by atoms with Crippen molar-refractivity contribution in [3.63, 3.8) is 0 Å². The lowest BCUT2D eigenvalue weighted by Crippen LogP contribution is -2.27. The van der Waals surface area contributed by atoms with Gasteiger partial charge in [-0.3, -0.25) is 0 Å². The summed E-state index contributed by atoms with van der Waals surface area (Å²) in [6.45, 7) is 4.03. The highest BCUT2D eigenvalue weighted by atomic mass is 16.5. The minimum Gasteiger partial charge on any atom is -0.380 e. The topological polar surface area (TPSA) is 21.3 Å². The quantitative estimate of drug-likeness (QED) is 0.742. The van der Waals surface area contributed by atoms with Gasteiger partial charge in [0.15, 0.2) is 0 Å². The molecule has 1 atom stereocenters. The SMILES string of the molecule is CCCC(CNCc1ccccc1)OC. The Hall–Kier alpha value is -0.860. The highest BCUT2D eigenvalue weighted by molar-refractivity contribution is 5.14. The third kappa shape index (κ3) is 4.96. The van der Waals surface area contributed by atoms with Gasteiger partial charge in [-0.15, -0.1) is 0 Å². The second kappa shape index (κ2) is 7.43. The number of ether oxygens (including phenoxy) is 1. The summed E-state index contributed by atoms with van der Waals surface area (Å²) in [5.41, 5.74) is 1.32. The van der Waals surface area contributed by atoms with E-state index in [0.29, 0.717) is 6.10 Å². The summed E-state index contributed by atoms with van der Waals surface area (Å²) in [5, 5.41) is 3.41. The van der Waals surface area contributed by atoms with Gasteiger partial charge in [0.1, 0.15) is 0 Å². The monoisotopic (exact) mass is 207 g/mol. The van der Waals surface area contributed by atoms with Crippen LogP contribution in [0.1, 0.15) is 25.3 Å². The van der Waals surface area contributed by atoms with Crippen molar-refractivity contribution in [3.8, 4) is 0 Å². The number of methoxy groups -OCH3 is 1. The van der Waals surface area contributed by atoms with E-state index in [0.717, 1.165) is 19.5 Å². The van der Waals surface area contributed by atoms with Crippen molar-refractivity contribution in [2.24, 2.45) is 0 Å². The summed E-state index contributed by atoms with van der Waals surface area (Å²) in [4.78, 5) is 0. The molecule has 15 heavy (non-hydrogen) atoms. The van der Waals surface area contributed by atoms with Crippen molar-refractivity contribution in [2.75, 3.05) is 13.7 Å². The number of rotatable bonds is 7. The molecule has 0 radical (unpaired) electrons. The van der Waals surface area contributed by atoms with Crippen LogP contribution >= 0.6 is 0 Å². The largest absolute Gasteiger partial charge is 0.380 e. The van der Waals surface area contributed by atoms with E-state index in [1.54, 1.807) is 7.11 Å². The van der Waals surface area contributed by atoms with Crippen LogP contribution in [0.4, 0.5) is 0 Å². The van der Waals surface area contributed by atoms with Crippen molar-refractivity contribution >= 4 is 0 Å². The number of hydrogen-bond donors (Lipinski definition) is 1. The van der Waals surface area contributed by atoms with Gasteiger partial charge < -0.3 is 10.1 Å². The third-order valence-corrected chi connectivity index (χ3v) is 2.49. The first-order chi connectivity index (χ1) is 7.36. The minimum absolute atomic E-state index is 0.346. The highest BCUT2D eigenvalue weighted by Crippen LogP contribution is 2.01. The Morgan fingerprint density at radius 3 is 2.60 bits per heavy atom. The Morgan fingerprint density at radius 1 is 1.27 bits per heavy atom. The molecular formula is C13H21NO. The second-order valence-electron chi connectivity index (χ2n) is 3.76. The maximum Gasteiger partial charge on any atom is 0.0695 e. The number of hydrogen-bond acceptors (Lipinski definition) is 2. The minimum atomic E-state index is 0.346. The molecule has 0 spiro atoms. The summed E-state index contributed by atoms with van der Waals surface area (Å²) >= 11 is 0. The Kier molecular flexibility index (Phi) is 6.05. The smallest absolute Gasteiger partial charge is 0.0695 e. The van der Waals surface area contributed by atoms with E-state index in [4.69, 9.17) is 4.74 Å². The van der Waals surface area contributed by atoms with Gasteiger partial charge in [-0.2, -0.15) is 0 Å². The maximum atomic E-state index is 5.37. The van der Waals surface area contributed by atoms with E-state index in [9.17, 15) is 0 Å². The Labute approximate surface area is 92.6 Å². The first-order valence-electron chi connectivity index (χ1n) is 5.64. The lowest BCUT2D eigenvalue weighted by molar-refractivity contribution is 0.0936. The third-order valence-electron chi connectivity index (χ3n) is 2.49. The molecule has 1 N–H and O–H groups in total. The fourth-order valence-electron chi connectivity index (χ4n) is 1.60. The normalized spacial score (nSPS) is 12.7. The predicted molar refractivity (Wildman–Crippen MR) is 63.9 cm³/mol. The van der Waals surface area contributed by atoms with Gasteiger partial charge in [-0.25, -0.2) is 0 Å². The summed E-state index contributed by atoms with van der Waals surface area (Å²) in [6.07, 6.45) is 2.64. The van der Waals surface area contributed by atoms with Gasteiger partial charge in [0.05, 0.1) is 6.10 Å². The van der Waals surface area contributed by atoms with Crippen LogP contribution in [0.25, 0.3) is 0 Å². The van der Waals surface area contributed by atoms with Gasteiger partial charge in [-0.1, -0.05) is 43.7 Å². The van der Waals surface area contributed by atoms with E-state index >= 15 is 0 Å². The van der Waals surface area contributed by atoms with Crippen molar-refractivity contribution in [1.29, 1.82) is 0 Å². The van der Waals surface area contributed by atoms with Crippen molar-refractivity contribution in [2.45, 2.75) is 32.4 Å². The fraction of sp³-hybridized carbons (Fsp3) is 0.538. The molecule has 0 aromatic heterocycles. The van der Waals surface area contributed by atoms with E-state index in [2.05, 4.69) is 36.5 Å². The first kappa shape index (κ1) is 12.2. The number of nitrogens with one attached hydrogen (secondary N) is 1. The summed E-state index contributed by atoms with van der Waals surface area (Å²) in [6, 6.07) is 10.4. The van der Waals surface area contributed by atoms with Crippen LogP contribution in [0.2, 0.25) is 0 Å². The molecular weight excluding hydrogens is 186 g/mol. The maximum absolute atomic E-state index is 5.37. The van der Waals surface area contributed by atoms with Gasteiger partial charge in [0.2, 0.25) is 0 Å². The molecule has 0 fully saturated rings. The first-order valence-corrected chi connectivity index (χ1v) is 5.64. The van der Waals surface area contributed by atoms with Crippen LogP contribution in [0, 0.1) is 0 Å². The number of benzene rings is 1. The average Bonchev–Trinajstić information content (AvgIpc) is 2.29. The van der Waals surface area contributed by atoms with Crippen LogP contribution in [0.3, 0.4) is 0 Å². The highest BCUT2D eigenvalue weighted by Gasteiger charge is 2.04. The van der Waals surface area contributed by atoms with Crippen molar-refractivity contribution < 1.29 is 4.74 Å². The molecule has 1 aromatic carbocycles. The fourth-order valence-corrected chi connectivity index (χ4v) is 1.60. The Bertz CT molecular complexity index is 248. The molecule has 0 saturated heterocycles. The van der Waals surface area contributed by atoms with Gasteiger partial charge >= 0.3 is 0 Å². The molecule has 0 saturated carbocycles. The lowest BCUT2D eigenvalue weighted by atomic mass is 10.2.